The second-order valence-corrected chi connectivity index (χ2v) is 20.1. The molecular weight excluding hydrogens is 808 g/mol. The van der Waals surface area contributed by atoms with E-state index < -0.39 is 85.9 Å². The van der Waals surface area contributed by atoms with Crippen LogP contribution in [0.5, 0.6) is 11.6 Å². The molecule has 3 fully saturated rings. The number of sulfonamides is 1. The van der Waals surface area contributed by atoms with Gasteiger partial charge in [-0.2, -0.15) is 13.2 Å². The molecule has 60 heavy (non-hydrogen) atoms. The normalized spacial score (nSPS) is 29.9. The van der Waals surface area contributed by atoms with Gasteiger partial charge in [0.1, 0.15) is 29.5 Å². The number of benzene rings is 1. The van der Waals surface area contributed by atoms with E-state index >= 15 is 0 Å². The van der Waals surface area contributed by atoms with E-state index in [4.69, 9.17) is 19.2 Å². The minimum atomic E-state index is -4.91. The molecule has 1 aromatic heterocycles. The molecule has 18 heteroatoms. The van der Waals surface area contributed by atoms with Crippen molar-refractivity contribution in [3.8, 4) is 11.6 Å². The minimum absolute atomic E-state index is 0.0290. The second-order valence-electron chi connectivity index (χ2n) is 17.9. The molecule has 5 aliphatic rings. The van der Waals surface area contributed by atoms with E-state index in [9.17, 15) is 40.8 Å². The van der Waals surface area contributed by atoms with Crippen LogP contribution in [-0.2, 0) is 35.6 Å². The fourth-order valence-electron chi connectivity index (χ4n) is 8.51. The minimum Gasteiger partial charge on any atom is -0.491 e. The Kier molecular flexibility index (Phi) is 11.6. The van der Waals surface area contributed by atoms with Gasteiger partial charge >= 0.3 is 12.3 Å². The van der Waals surface area contributed by atoms with Crippen LogP contribution in [0.1, 0.15) is 98.1 Å². The van der Waals surface area contributed by atoms with Crippen molar-refractivity contribution in [3.05, 3.63) is 42.1 Å². The molecular formula is C42H54F3N5O9S. The molecule has 1 aromatic carbocycles. The van der Waals surface area contributed by atoms with Crippen molar-refractivity contribution in [3.63, 3.8) is 0 Å². The van der Waals surface area contributed by atoms with Gasteiger partial charge in [-0.05, 0) is 90.0 Å². The third kappa shape index (κ3) is 8.49. The van der Waals surface area contributed by atoms with E-state index in [1.807, 2.05) is 37.3 Å². The summed E-state index contributed by atoms with van der Waals surface area (Å²) in [5.41, 5.74) is -3.83. The maximum atomic E-state index is 15.0. The topological polar surface area (TPSA) is 182 Å². The van der Waals surface area contributed by atoms with Gasteiger partial charge in [-0.15, -0.1) is 0 Å². The number of rotatable bonds is 8. The Labute approximate surface area is 347 Å². The molecule has 3 N–H and O–H groups in total. The van der Waals surface area contributed by atoms with Crippen molar-refractivity contribution in [2.24, 2.45) is 17.8 Å². The van der Waals surface area contributed by atoms with E-state index in [0.717, 1.165) is 11.8 Å². The fourth-order valence-corrected chi connectivity index (χ4v) is 9.82. The fraction of sp³-hybridized carbons (Fsp3) is 0.643. The van der Waals surface area contributed by atoms with E-state index in [-0.39, 0.29) is 31.2 Å². The van der Waals surface area contributed by atoms with Gasteiger partial charge < -0.3 is 29.7 Å². The number of carbonyl (C=O) groups is 4. The molecule has 4 amide bonds. The summed E-state index contributed by atoms with van der Waals surface area (Å²) in [6.45, 7) is 7.07. The number of aromatic nitrogens is 1. The molecule has 2 aromatic rings. The lowest BCUT2D eigenvalue weighted by atomic mass is 9.85. The summed E-state index contributed by atoms with van der Waals surface area (Å²) in [5, 5.41) is 6.70. The summed E-state index contributed by atoms with van der Waals surface area (Å²) in [4.78, 5) is 63.0. The monoisotopic (exact) mass is 861 g/mol. The van der Waals surface area contributed by atoms with Crippen molar-refractivity contribution in [2.75, 3.05) is 13.2 Å². The molecule has 0 radical (unpaired) electrons. The Bertz CT molecular complexity index is 2180. The van der Waals surface area contributed by atoms with Crippen LogP contribution < -0.4 is 24.8 Å². The average Bonchev–Trinajstić information content (AvgIpc) is 4.07. The molecule has 0 unspecified atom stereocenters. The largest absolute Gasteiger partial charge is 0.491 e. The second kappa shape index (κ2) is 16.0. The predicted octanol–water partition coefficient (Wildman–Crippen LogP) is 5.62. The number of carbonyl (C=O) groups excluding carboxylic acids is 4. The number of hydrogen-bond acceptors (Lipinski definition) is 10. The van der Waals surface area contributed by atoms with Crippen LogP contribution in [0.3, 0.4) is 0 Å². The van der Waals surface area contributed by atoms with Crippen molar-refractivity contribution in [1.29, 1.82) is 0 Å². The lowest BCUT2D eigenvalue weighted by Gasteiger charge is -2.35. The van der Waals surface area contributed by atoms with Crippen LogP contribution in [0.2, 0.25) is 0 Å². The Hall–Kier alpha value is -4.61. The number of nitrogens with zero attached hydrogens (tertiary/aromatic N) is 2. The summed E-state index contributed by atoms with van der Waals surface area (Å²) in [7, 11) is -4.08. The Balaban J connectivity index is 1.25. The first-order valence-electron chi connectivity index (χ1n) is 20.8. The van der Waals surface area contributed by atoms with E-state index in [2.05, 4.69) is 15.4 Å². The van der Waals surface area contributed by atoms with Crippen molar-refractivity contribution in [1.82, 2.24) is 25.2 Å². The zero-order valence-corrected chi connectivity index (χ0v) is 35.3. The number of pyridine rings is 1. The van der Waals surface area contributed by atoms with Crippen LogP contribution in [0.4, 0.5) is 18.0 Å². The third-order valence-corrected chi connectivity index (χ3v) is 15.1. The zero-order chi connectivity index (χ0) is 43.4. The highest BCUT2D eigenvalue weighted by Gasteiger charge is 2.63. The van der Waals surface area contributed by atoms with Crippen LogP contribution in [0.25, 0.3) is 10.8 Å². The lowest BCUT2D eigenvalue weighted by Crippen LogP contribution is -2.60. The molecule has 0 bridgehead atoms. The van der Waals surface area contributed by atoms with Gasteiger partial charge in [0.25, 0.3) is 5.91 Å². The van der Waals surface area contributed by atoms with E-state index in [1.165, 1.54) is 4.90 Å². The summed E-state index contributed by atoms with van der Waals surface area (Å²) in [5.74, 6) is -2.64. The number of halogens is 3. The molecule has 14 nitrogen and oxygen atoms in total. The number of hydrogen-bond donors (Lipinski definition) is 3. The molecule has 1 saturated heterocycles. The van der Waals surface area contributed by atoms with Gasteiger partial charge in [-0.1, -0.05) is 50.6 Å². The number of ether oxygens (including phenoxy) is 3. The Morgan fingerprint density at radius 1 is 1.12 bits per heavy atom. The number of amides is 4. The van der Waals surface area contributed by atoms with Crippen LogP contribution >= 0.6 is 0 Å². The van der Waals surface area contributed by atoms with Crippen LogP contribution in [0, 0.1) is 17.8 Å². The highest BCUT2D eigenvalue weighted by molar-refractivity contribution is 7.91. The van der Waals surface area contributed by atoms with Gasteiger partial charge in [0.15, 0.2) is 0 Å². The van der Waals surface area contributed by atoms with Gasteiger partial charge in [0, 0.05) is 23.1 Å². The highest BCUT2D eigenvalue weighted by Crippen LogP contribution is 2.48. The van der Waals surface area contributed by atoms with E-state index in [1.54, 1.807) is 19.9 Å². The lowest BCUT2D eigenvalue weighted by molar-refractivity contribution is -0.244. The summed E-state index contributed by atoms with van der Waals surface area (Å²) in [6, 6.07) is 4.66. The maximum Gasteiger partial charge on any atom is 0.427 e. The standard InChI is InChI=1S/C42H54F3N5O9S/c1-6-25-20-24(2)12-7-8-13-26-22-41(26,37(53)49-60(55,56)40(5)17-18-40)48-34(51)31-21-27(23-50(31)36(52)32(25)47-38(54)59-39(3,4)42(43,44)45)58-35-29-15-10-9-14-28(29)33-30(46-35)16-11-19-57-33/h8-10,13-15,24-27,31-32H,6-7,11-12,16-23H2,1-5H3,(H,47,54)(H,48,51)(H,49,53)/b13-8-/t24-,25+,26+,27+,31-,32-,41+/m0/s1. The zero-order valence-electron chi connectivity index (χ0n) is 34.5. The first-order chi connectivity index (χ1) is 28.2. The average molecular weight is 862 g/mol. The summed E-state index contributed by atoms with van der Waals surface area (Å²) < 4.78 is 86.5. The Morgan fingerprint density at radius 3 is 2.52 bits per heavy atom. The van der Waals surface area contributed by atoms with Gasteiger partial charge in [-0.3, -0.25) is 19.1 Å². The first-order valence-corrected chi connectivity index (χ1v) is 22.3. The first kappa shape index (κ1) is 43.5. The maximum absolute atomic E-state index is 15.0. The number of fused-ring (bicyclic) bond motifs is 5. The van der Waals surface area contributed by atoms with Crippen LogP contribution in [-0.4, -0.2) is 95.5 Å². The molecule has 0 spiro atoms. The summed E-state index contributed by atoms with van der Waals surface area (Å²) in [6.07, 6.45) is 0.535. The molecule has 4 heterocycles. The Morgan fingerprint density at radius 2 is 1.83 bits per heavy atom. The number of aryl methyl sites for hydroxylation is 1. The molecule has 7 rings (SSSR count). The third-order valence-electron chi connectivity index (χ3n) is 12.9. The molecule has 328 valence electrons. The van der Waals surface area contributed by atoms with Gasteiger partial charge in [0.05, 0.1) is 23.6 Å². The smallest absolute Gasteiger partial charge is 0.427 e. The van der Waals surface area contributed by atoms with Crippen molar-refractivity contribution in [2.45, 2.75) is 139 Å². The van der Waals surface area contributed by atoms with E-state index in [0.29, 0.717) is 82.2 Å². The quantitative estimate of drug-likeness (QED) is 0.282. The van der Waals surface area contributed by atoms with Crippen molar-refractivity contribution >= 4 is 44.6 Å². The molecule has 2 aliphatic carbocycles. The molecule has 2 saturated carbocycles. The van der Waals surface area contributed by atoms with Crippen LogP contribution in [0.15, 0.2) is 36.4 Å². The molecule has 7 atom stereocenters. The molecule has 3 aliphatic heterocycles. The number of alkyl halides is 3. The number of allylic oxidation sites excluding steroid dienone is 1. The van der Waals surface area contributed by atoms with Gasteiger partial charge in [0.2, 0.25) is 33.3 Å². The van der Waals surface area contributed by atoms with Crippen molar-refractivity contribution < 1.29 is 55.0 Å². The SMILES string of the molecule is CC[C@@H]1C[C@@H](C)CC/C=C\[C@@H]2C[C@@]2(C(=O)NS(=O)(=O)C2(C)CC2)NC(=O)[C@@H]2C[C@@H](Oc3nc4c(c5ccccc35)OCCC4)CN2C(=O)[C@H]1NC(=O)OC(C)(C)C(F)(F)F. The number of alkyl carbamates (subject to hydrolysis) is 1. The summed E-state index contributed by atoms with van der Waals surface area (Å²) >= 11 is 0. The predicted molar refractivity (Wildman–Crippen MR) is 213 cm³/mol. The number of nitrogens with one attached hydrogen (secondary N) is 3. The highest BCUT2D eigenvalue weighted by atomic mass is 32.2. The van der Waals surface area contributed by atoms with Gasteiger partial charge in [-0.25, -0.2) is 18.2 Å².